The highest BCUT2D eigenvalue weighted by Crippen LogP contribution is 2.27. The van der Waals surface area contributed by atoms with Gasteiger partial charge in [-0.25, -0.2) is 0 Å². The van der Waals surface area contributed by atoms with E-state index in [0.717, 1.165) is 43.3 Å². The van der Waals surface area contributed by atoms with E-state index in [2.05, 4.69) is 33.8 Å². The molecule has 2 heterocycles. The number of piperazine rings is 1. The van der Waals surface area contributed by atoms with Crippen LogP contribution in [0.25, 0.3) is 11.3 Å². The molecule has 3 rings (SSSR count). The molecular formula is C17H22Cl2N4. The maximum atomic E-state index is 6.42. The van der Waals surface area contributed by atoms with Gasteiger partial charge in [-0.2, -0.15) is 0 Å². The monoisotopic (exact) mass is 352 g/mol. The summed E-state index contributed by atoms with van der Waals surface area (Å²) in [5.74, 6) is 0.869. The fourth-order valence-electron chi connectivity index (χ4n) is 2.77. The van der Waals surface area contributed by atoms with E-state index in [4.69, 9.17) is 11.6 Å². The molecule has 0 unspecified atom stereocenters. The Morgan fingerprint density at radius 3 is 2.22 bits per heavy atom. The molecule has 0 spiro atoms. The van der Waals surface area contributed by atoms with Crippen molar-refractivity contribution in [2.45, 2.75) is 19.9 Å². The van der Waals surface area contributed by atoms with Crippen molar-refractivity contribution in [1.29, 1.82) is 0 Å². The zero-order chi connectivity index (χ0) is 15.5. The lowest BCUT2D eigenvalue weighted by molar-refractivity contribution is 0.209. The minimum absolute atomic E-state index is 0. The maximum Gasteiger partial charge on any atom is 0.152 e. The molecule has 0 N–H and O–H groups in total. The first-order valence-corrected chi connectivity index (χ1v) is 8.10. The first-order chi connectivity index (χ1) is 10.6. The van der Waals surface area contributed by atoms with Crippen molar-refractivity contribution in [3.63, 3.8) is 0 Å². The van der Waals surface area contributed by atoms with Crippen LogP contribution in [0.2, 0.25) is 5.02 Å². The van der Waals surface area contributed by atoms with Gasteiger partial charge in [-0.1, -0.05) is 41.9 Å². The molecule has 2 aromatic rings. The predicted molar refractivity (Wildman–Crippen MR) is 98.6 cm³/mol. The third-order valence-corrected chi connectivity index (χ3v) is 4.44. The van der Waals surface area contributed by atoms with Crippen LogP contribution in [0.3, 0.4) is 0 Å². The van der Waals surface area contributed by atoms with Gasteiger partial charge in [-0.15, -0.1) is 22.6 Å². The Balaban J connectivity index is 0.00000192. The van der Waals surface area contributed by atoms with Crippen LogP contribution in [0.4, 0.5) is 5.82 Å². The number of hydrogen-bond acceptors (Lipinski definition) is 4. The minimum atomic E-state index is 0. The fraction of sp³-hybridized carbons (Fsp3) is 0.412. The summed E-state index contributed by atoms with van der Waals surface area (Å²) in [4.78, 5) is 4.73. The molecular weight excluding hydrogens is 331 g/mol. The molecule has 0 amide bonds. The van der Waals surface area contributed by atoms with E-state index in [1.165, 1.54) is 0 Å². The average Bonchev–Trinajstić information content (AvgIpc) is 2.55. The molecule has 0 radical (unpaired) electrons. The molecule has 0 saturated carbocycles. The summed E-state index contributed by atoms with van der Waals surface area (Å²) in [5.41, 5.74) is 1.74. The Bertz CT molecular complexity index is 626. The number of nitrogens with zero attached hydrogens (tertiary/aromatic N) is 4. The highest BCUT2D eigenvalue weighted by Gasteiger charge is 2.20. The van der Waals surface area contributed by atoms with Gasteiger partial charge in [0.15, 0.2) is 5.82 Å². The van der Waals surface area contributed by atoms with Gasteiger partial charge in [0.1, 0.15) is 5.69 Å². The van der Waals surface area contributed by atoms with E-state index in [-0.39, 0.29) is 12.4 Å². The summed E-state index contributed by atoms with van der Waals surface area (Å²) in [5, 5.41) is 9.38. The van der Waals surface area contributed by atoms with E-state index in [0.29, 0.717) is 11.1 Å². The molecule has 0 aliphatic carbocycles. The Hall–Kier alpha value is -1.36. The molecule has 1 aliphatic rings. The van der Waals surface area contributed by atoms with Crippen molar-refractivity contribution in [1.82, 2.24) is 15.1 Å². The number of halogens is 2. The average molecular weight is 353 g/mol. The van der Waals surface area contributed by atoms with Gasteiger partial charge in [-0.05, 0) is 13.8 Å². The van der Waals surface area contributed by atoms with Gasteiger partial charge in [-0.3, -0.25) is 4.90 Å². The van der Waals surface area contributed by atoms with Gasteiger partial charge >= 0.3 is 0 Å². The summed E-state index contributed by atoms with van der Waals surface area (Å²) >= 11 is 6.42. The normalized spacial score (nSPS) is 15.6. The van der Waals surface area contributed by atoms with Crippen LogP contribution in [-0.2, 0) is 0 Å². The molecule has 1 saturated heterocycles. The summed E-state index contributed by atoms with van der Waals surface area (Å²) in [6, 6.07) is 12.5. The Morgan fingerprint density at radius 1 is 1.00 bits per heavy atom. The van der Waals surface area contributed by atoms with Gasteiger partial charge in [0.2, 0.25) is 0 Å². The summed E-state index contributed by atoms with van der Waals surface area (Å²) in [6.45, 7) is 8.51. The van der Waals surface area contributed by atoms with Crippen LogP contribution in [0.1, 0.15) is 13.8 Å². The van der Waals surface area contributed by atoms with Crippen molar-refractivity contribution < 1.29 is 0 Å². The number of anilines is 1. The maximum absolute atomic E-state index is 6.42. The van der Waals surface area contributed by atoms with E-state index in [1.54, 1.807) is 0 Å². The first kappa shape index (κ1) is 18.0. The third-order valence-electron chi connectivity index (χ3n) is 4.15. The van der Waals surface area contributed by atoms with E-state index in [9.17, 15) is 0 Å². The molecule has 4 nitrogen and oxygen atoms in total. The van der Waals surface area contributed by atoms with Crippen LogP contribution < -0.4 is 4.90 Å². The standard InChI is InChI=1S/C17H21ClN4.ClH/c1-13(2)21-8-10-22(11-9-21)16-12-15(18)17(20-19-16)14-6-4-3-5-7-14;/h3-7,12-13H,8-11H2,1-2H3;1H. The Morgan fingerprint density at radius 2 is 1.65 bits per heavy atom. The predicted octanol–water partition coefficient (Wildman–Crippen LogP) is 3.75. The molecule has 6 heteroatoms. The van der Waals surface area contributed by atoms with Gasteiger partial charge in [0, 0.05) is 43.9 Å². The first-order valence-electron chi connectivity index (χ1n) is 7.73. The molecule has 0 atom stereocenters. The third kappa shape index (κ3) is 4.14. The highest BCUT2D eigenvalue weighted by atomic mass is 35.5. The van der Waals surface area contributed by atoms with Crippen molar-refractivity contribution in [2.24, 2.45) is 0 Å². The fourth-order valence-corrected chi connectivity index (χ4v) is 3.02. The smallest absolute Gasteiger partial charge is 0.152 e. The van der Waals surface area contributed by atoms with Crippen LogP contribution in [0, 0.1) is 0 Å². The molecule has 1 fully saturated rings. The molecule has 1 aromatic heterocycles. The van der Waals surface area contributed by atoms with Crippen molar-refractivity contribution >= 4 is 29.8 Å². The second-order valence-corrected chi connectivity index (χ2v) is 6.29. The van der Waals surface area contributed by atoms with Crippen LogP contribution in [0.15, 0.2) is 36.4 Å². The van der Waals surface area contributed by atoms with Crippen LogP contribution in [-0.4, -0.2) is 47.3 Å². The lowest BCUT2D eigenvalue weighted by Crippen LogP contribution is -2.49. The molecule has 1 aliphatic heterocycles. The molecule has 124 valence electrons. The highest BCUT2D eigenvalue weighted by molar-refractivity contribution is 6.33. The zero-order valence-electron chi connectivity index (χ0n) is 13.4. The summed E-state index contributed by atoms with van der Waals surface area (Å²) in [6.07, 6.45) is 0. The van der Waals surface area contributed by atoms with E-state index < -0.39 is 0 Å². The quantitative estimate of drug-likeness (QED) is 0.841. The summed E-state index contributed by atoms with van der Waals surface area (Å²) < 4.78 is 0. The molecule has 1 aromatic carbocycles. The minimum Gasteiger partial charge on any atom is -0.353 e. The van der Waals surface area contributed by atoms with Crippen molar-refractivity contribution in [3.05, 3.63) is 41.4 Å². The lowest BCUT2D eigenvalue weighted by atomic mass is 10.1. The van der Waals surface area contributed by atoms with E-state index >= 15 is 0 Å². The Kier molecular flexibility index (Phi) is 6.22. The number of benzene rings is 1. The van der Waals surface area contributed by atoms with Crippen molar-refractivity contribution in [2.75, 3.05) is 31.1 Å². The van der Waals surface area contributed by atoms with Crippen LogP contribution in [0.5, 0.6) is 0 Å². The van der Waals surface area contributed by atoms with Gasteiger partial charge in [0.25, 0.3) is 0 Å². The second kappa shape index (κ2) is 7.95. The second-order valence-electron chi connectivity index (χ2n) is 5.88. The lowest BCUT2D eigenvalue weighted by Gasteiger charge is -2.37. The number of hydrogen-bond donors (Lipinski definition) is 0. The van der Waals surface area contributed by atoms with E-state index in [1.807, 2.05) is 36.4 Å². The van der Waals surface area contributed by atoms with Crippen molar-refractivity contribution in [3.8, 4) is 11.3 Å². The largest absolute Gasteiger partial charge is 0.353 e. The SMILES string of the molecule is CC(C)N1CCN(c2cc(Cl)c(-c3ccccc3)nn2)CC1.Cl. The molecule has 23 heavy (non-hydrogen) atoms. The summed E-state index contributed by atoms with van der Waals surface area (Å²) in [7, 11) is 0. The zero-order valence-corrected chi connectivity index (χ0v) is 15.0. The number of rotatable bonds is 3. The van der Waals surface area contributed by atoms with Gasteiger partial charge in [0.05, 0.1) is 5.02 Å². The number of aromatic nitrogens is 2. The van der Waals surface area contributed by atoms with Gasteiger partial charge < -0.3 is 4.90 Å². The topological polar surface area (TPSA) is 32.3 Å². The van der Waals surface area contributed by atoms with Crippen LogP contribution >= 0.6 is 24.0 Å². The molecule has 0 bridgehead atoms. The Labute approximate surface area is 148 Å².